The molecule has 2 rings (SSSR count). The Bertz CT molecular complexity index is 429. The van der Waals surface area contributed by atoms with E-state index in [1.807, 2.05) is 0 Å². The summed E-state index contributed by atoms with van der Waals surface area (Å²) >= 11 is 0. The molecule has 0 amide bonds. The molecule has 1 unspecified atom stereocenters. The average Bonchev–Trinajstić information content (AvgIpc) is 2.85. The van der Waals surface area contributed by atoms with Crippen LogP contribution in [-0.4, -0.2) is 12.1 Å². The maximum absolute atomic E-state index is 3.75. The summed E-state index contributed by atoms with van der Waals surface area (Å²) in [6, 6.07) is 7.04. The van der Waals surface area contributed by atoms with Crippen molar-refractivity contribution in [3.63, 3.8) is 0 Å². The predicted molar refractivity (Wildman–Crippen MR) is 92.8 cm³/mol. The highest BCUT2D eigenvalue weighted by Gasteiger charge is 2.26. The lowest BCUT2D eigenvalue weighted by Gasteiger charge is -2.29. The largest absolute Gasteiger partial charge is 0.312 e. The van der Waals surface area contributed by atoms with Crippen molar-refractivity contribution < 1.29 is 0 Å². The summed E-state index contributed by atoms with van der Waals surface area (Å²) in [5.74, 6) is 1.70. The number of rotatable bonds is 5. The van der Waals surface area contributed by atoms with Gasteiger partial charge < -0.3 is 5.32 Å². The molecule has 0 aromatic heterocycles. The van der Waals surface area contributed by atoms with Gasteiger partial charge >= 0.3 is 0 Å². The van der Waals surface area contributed by atoms with Gasteiger partial charge in [0.2, 0.25) is 0 Å². The first-order valence-electron chi connectivity index (χ1n) is 8.66. The average molecular weight is 287 g/mol. The van der Waals surface area contributed by atoms with Crippen LogP contribution in [0.1, 0.15) is 63.1 Å². The lowest BCUT2D eigenvalue weighted by molar-refractivity contribution is 0.286. The Morgan fingerprint density at radius 3 is 2.14 bits per heavy atom. The summed E-state index contributed by atoms with van der Waals surface area (Å²) in [6.07, 6.45) is 6.96. The van der Waals surface area contributed by atoms with Crippen LogP contribution in [0.3, 0.4) is 0 Å². The van der Waals surface area contributed by atoms with Gasteiger partial charge in [0.05, 0.1) is 0 Å². The van der Waals surface area contributed by atoms with Gasteiger partial charge in [-0.2, -0.15) is 0 Å². The molecule has 0 spiro atoms. The fourth-order valence-corrected chi connectivity index (χ4v) is 3.76. The summed E-state index contributed by atoms with van der Waals surface area (Å²) < 4.78 is 0. The van der Waals surface area contributed by atoms with Gasteiger partial charge in [-0.25, -0.2) is 0 Å². The number of aryl methyl sites for hydroxylation is 2. The Labute approximate surface area is 131 Å². The van der Waals surface area contributed by atoms with Gasteiger partial charge in [-0.3, -0.25) is 0 Å². The molecule has 0 bridgehead atoms. The second kappa shape index (κ2) is 6.96. The molecular weight excluding hydrogens is 254 g/mol. The molecule has 118 valence electrons. The summed E-state index contributed by atoms with van der Waals surface area (Å²) in [4.78, 5) is 0. The molecule has 1 saturated carbocycles. The van der Waals surface area contributed by atoms with Gasteiger partial charge in [-0.1, -0.05) is 55.0 Å². The molecule has 0 heterocycles. The lowest BCUT2D eigenvalue weighted by Crippen LogP contribution is -2.41. The molecule has 1 heteroatoms. The van der Waals surface area contributed by atoms with E-state index in [1.54, 1.807) is 0 Å². The van der Waals surface area contributed by atoms with Gasteiger partial charge in [-0.15, -0.1) is 0 Å². The predicted octanol–water partition coefficient (Wildman–Crippen LogP) is 5.04. The summed E-state index contributed by atoms with van der Waals surface area (Å²) in [5.41, 5.74) is 4.55. The van der Waals surface area contributed by atoms with Gasteiger partial charge in [0, 0.05) is 5.54 Å². The van der Waals surface area contributed by atoms with Gasteiger partial charge in [-0.05, 0) is 65.0 Å². The van der Waals surface area contributed by atoms with Crippen LogP contribution in [0.2, 0.25) is 0 Å². The number of benzene rings is 1. The van der Waals surface area contributed by atoms with Crippen LogP contribution < -0.4 is 5.32 Å². The molecule has 1 atom stereocenters. The van der Waals surface area contributed by atoms with Crippen molar-refractivity contribution in [1.29, 1.82) is 0 Å². The first-order chi connectivity index (χ1) is 9.83. The van der Waals surface area contributed by atoms with Crippen molar-refractivity contribution in [2.45, 2.75) is 72.3 Å². The molecule has 0 saturated heterocycles. The molecule has 1 aromatic carbocycles. The standard InChI is InChI=1S/C20H33N/c1-15-10-16(2)12-17(11-15)13-19(14-21-20(3,4)5)18-8-6-7-9-18/h10-12,18-19,21H,6-9,13-14H2,1-5H3. The summed E-state index contributed by atoms with van der Waals surface area (Å²) in [7, 11) is 0. The van der Waals surface area contributed by atoms with Crippen molar-refractivity contribution in [3.05, 3.63) is 34.9 Å². The van der Waals surface area contributed by atoms with Gasteiger partial charge in [0.25, 0.3) is 0 Å². The lowest BCUT2D eigenvalue weighted by atomic mass is 9.84. The smallest absolute Gasteiger partial charge is 0.00966 e. The zero-order valence-electron chi connectivity index (χ0n) is 14.6. The Hall–Kier alpha value is -0.820. The zero-order chi connectivity index (χ0) is 15.5. The molecule has 0 aliphatic heterocycles. The number of nitrogens with one attached hydrogen (secondary N) is 1. The highest BCUT2D eigenvalue weighted by atomic mass is 14.9. The van der Waals surface area contributed by atoms with Crippen LogP contribution >= 0.6 is 0 Å². The Morgan fingerprint density at radius 2 is 1.62 bits per heavy atom. The fraction of sp³-hybridized carbons (Fsp3) is 0.700. The Balaban J connectivity index is 2.07. The van der Waals surface area contributed by atoms with Crippen LogP contribution in [0.5, 0.6) is 0 Å². The second-order valence-corrected chi connectivity index (χ2v) is 8.14. The van der Waals surface area contributed by atoms with Gasteiger partial charge in [0.15, 0.2) is 0 Å². The minimum Gasteiger partial charge on any atom is -0.312 e. The topological polar surface area (TPSA) is 12.0 Å². The molecular formula is C20H33N. The van der Waals surface area contributed by atoms with E-state index < -0.39 is 0 Å². The third-order valence-corrected chi connectivity index (χ3v) is 4.74. The first kappa shape index (κ1) is 16.5. The quantitative estimate of drug-likeness (QED) is 0.800. The Morgan fingerprint density at radius 1 is 1.05 bits per heavy atom. The molecule has 1 fully saturated rings. The fourth-order valence-electron chi connectivity index (χ4n) is 3.76. The summed E-state index contributed by atoms with van der Waals surface area (Å²) in [5, 5.41) is 3.75. The highest BCUT2D eigenvalue weighted by Crippen LogP contribution is 2.33. The molecule has 1 nitrogen and oxygen atoms in total. The monoisotopic (exact) mass is 287 g/mol. The van der Waals surface area contributed by atoms with Crippen molar-refractivity contribution in [2.24, 2.45) is 11.8 Å². The van der Waals surface area contributed by atoms with Crippen molar-refractivity contribution in [3.8, 4) is 0 Å². The minimum absolute atomic E-state index is 0.222. The zero-order valence-corrected chi connectivity index (χ0v) is 14.6. The Kier molecular flexibility index (Phi) is 5.48. The maximum Gasteiger partial charge on any atom is 0.00966 e. The number of hydrogen-bond donors (Lipinski definition) is 1. The van der Waals surface area contributed by atoms with E-state index in [-0.39, 0.29) is 5.54 Å². The van der Waals surface area contributed by atoms with Gasteiger partial charge in [0.1, 0.15) is 0 Å². The van der Waals surface area contributed by atoms with Crippen molar-refractivity contribution in [1.82, 2.24) is 5.32 Å². The van der Waals surface area contributed by atoms with E-state index in [0.717, 1.165) is 18.4 Å². The third-order valence-electron chi connectivity index (χ3n) is 4.74. The van der Waals surface area contributed by atoms with Crippen molar-refractivity contribution >= 4 is 0 Å². The molecule has 1 aliphatic rings. The molecule has 0 radical (unpaired) electrons. The molecule has 1 aliphatic carbocycles. The third kappa shape index (κ3) is 5.47. The van der Waals surface area contributed by atoms with E-state index in [2.05, 4.69) is 58.1 Å². The van der Waals surface area contributed by atoms with E-state index in [4.69, 9.17) is 0 Å². The maximum atomic E-state index is 3.75. The normalized spacial score (nSPS) is 18.1. The number of hydrogen-bond acceptors (Lipinski definition) is 1. The van der Waals surface area contributed by atoms with Crippen LogP contribution in [-0.2, 0) is 6.42 Å². The molecule has 1 N–H and O–H groups in total. The van der Waals surface area contributed by atoms with Crippen LogP contribution in [0.4, 0.5) is 0 Å². The van der Waals surface area contributed by atoms with Crippen molar-refractivity contribution in [2.75, 3.05) is 6.54 Å². The first-order valence-corrected chi connectivity index (χ1v) is 8.66. The van der Waals surface area contributed by atoms with E-state index >= 15 is 0 Å². The van der Waals surface area contributed by atoms with E-state index in [0.29, 0.717) is 0 Å². The molecule has 1 aromatic rings. The molecule has 21 heavy (non-hydrogen) atoms. The van der Waals surface area contributed by atoms with Crippen LogP contribution in [0.25, 0.3) is 0 Å². The van der Waals surface area contributed by atoms with E-state index in [1.165, 1.54) is 48.8 Å². The minimum atomic E-state index is 0.222. The highest BCUT2D eigenvalue weighted by molar-refractivity contribution is 5.29. The van der Waals surface area contributed by atoms with Crippen LogP contribution in [0, 0.1) is 25.7 Å². The van der Waals surface area contributed by atoms with E-state index in [9.17, 15) is 0 Å². The summed E-state index contributed by atoms with van der Waals surface area (Å²) in [6.45, 7) is 12.4. The van der Waals surface area contributed by atoms with Crippen LogP contribution in [0.15, 0.2) is 18.2 Å². The second-order valence-electron chi connectivity index (χ2n) is 8.14. The SMILES string of the molecule is Cc1cc(C)cc(CC(CNC(C)(C)C)C2CCCC2)c1.